The fourth-order valence-electron chi connectivity index (χ4n) is 2.83. The molecule has 0 bridgehead atoms. The summed E-state index contributed by atoms with van der Waals surface area (Å²) in [5.74, 6) is -0.115. The van der Waals surface area contributed by atoms with Crippen LogP contribution in [0, 0.1) is 0 Å². The molecule has 0 fully saturated rings. The summed E-state index contributed by atoms with van der Waals surface area (Å²) >= 11 is 1.56. The quantitative estimate of drug-likeness (QED) is 0.499. The SMILES string of the molecule is CSc1ccccc1C(=O)Nc1ccc2c(c1)oc1ccccc12. The minimum atomic E-state index is -0.115. The molecule has 0 aliphatic rings. The van der Waals surface area contributed by atoms with Crippen LogP contribution in [-0.2, 0) is 0 Å². The number of fused-ring (bicyclic) bond motifs is 3. The monoisotopic (exact) mass is 333 g/mol. The molecule has 3 aromatic carbocycles. The van der Waals surface area contributed by atoms with E-state index in [1.807, 2.05) is 73.0 Å². The molecule has 4 heteroatoms. The molecule has 0 saturated carbocycles. The average molecular weight is 333 g/mol. The number of benzene rings is 3. The number of anilines is 1. The first-order chi connectivity index (χ1) is 11.8. The second kappa shape index (κ2) is 6.06. The number of nitrogens with one attached hydrogen (secondary N) is 1. The lowest BCUT2D eigenvalue weighted by atomic mass is 10.1. The number of hydrogen-bond donors (Lipinski definition) is 1. The summed E-state index contributed by atoms with van der Waals surface area (Å²) in [5, 5.41) is 5.09. The van der Waals surface area contributed by atoms with Crippen molar-refractivity contribution in [1.29, 1.82) is 0 Å². The highest BCUT2D eigenvalue weighted by Crippen LogP contribution is 2.30. The van der Waals surface area contributed by atoms with E-state index in [4.69, 9.17) is 4.42 Å². The molecule has 0 radical (unpaired) electrons. The number of hydrogen-bond acceptors (Lipinski definition) is 3. The number of carbonyl (C=O) groups is 1. The van der Waals surface area contributed by atoms with E-state index in [0.717, 1.165) is 32.5 Å². The lowest BCUT2D eigenvalue weighted by molar-refractivity contribution is 0.102. The summed E-state index contributed by atoms with van der Waals surface area (Å²) in [6.07, 6.45) is 1.96. The Bertz CT molecular complexity index is 1050. The third kappa shape index (κ3) is 2.55. The lowest BCUT2D eigenvalue weighted by Crippen LogP contribution is -2.12. The maximum absolute atomic E-state index is 12.5. The van der Waals surface area contributed by atoms with Gasteiger partial charge in [-0.25, -0.2) is 0 Å². The minimum Gasteiger partial charge on any atom is -0.456 e. The Morgan fingerprint density at radius 3 is 2.54 bits per heavy atom. The zero-order chi connectivity index (χ0) is 16.5. The van der Waals surface area contributed by atoms with Gasteiger partial charge in [0.2, 0.25) is 0 Å². The fourth-order valence-corrected chi connectivity index (χ4v) is 3.43. The van der Waals surface area contributed by atoms with Crippen molar-refractivity contribution in [1.82, 2.24) is 0 Å². The average Bonchev–Trinajstić information content (AvgIpc) is 2.99. The van der Waals surface area contributed by atoms with Crippen molar-refractivity contribution in [3.8, 4) is 0 Å². The van der Waals surface area contributed by atoms with Gasteiger partial charge in [0, 0.05) is 27.4 Å². The van der Waals surface area contributed by atoms with Crippen LogP contribution in [0.25, 0.3) is 21.9 Å². The molecule has 1 amide bonds. The molecule has 4 aromatic rings. The van der Waals surface area contributed by atoms with Crippen molar-refractivity contribution in [2.45, 2.75) is 4.90 Å². The Morgan fingerprint density at radius 2 is 1.67 bits per heavy atom. The highest BCUT2D eigenvalue weighted by atomic mass is 32.2. The normalized spacial score (nSPS) is 11.0. The van der Waals surface area contributed by atoms with Gasteiger partial charge >= 0.3 is 0 Å². The highest BCUT2D eigenvalue weighted by Gasteiger charge is 2.12. The van der Waals surface area contributed by atoms with E-state index in [0.29, 0.717) is 5.56 Å². The smallest absolute Gasteiger partial charge is 0.256 e. The van der Waals surface area contributed by atoms with E-state index in [-0.39, 0.29) is 5.91 Å². The van der Waals surface area contributed by atoms with Gasteiger partial charge in [-0.3, -0.25) is 4.79 Å². The van der Waals surface area contributed by atoms with Crippen molar-refractivity contribution in [2.24, 2.45) is 0 Å². The van der Waals surface area contributed by atoms with Crippen molar-refractivity contribution < 1.29 is 9.21 Å². The Labute approximate surface area is 143 Å². The van der Waals surface area contributed by atoms with Gasteiger partial charge in [0.15, 0.2) is 0 Å². The molecule has 0 aliphatic carbocycles. The summed E-state index contributed by atoms with van der Waals surface area (Å²) in [6.45, 7) is 0. The number of thioether (sulfide) groups is 1. The Hall–Kier alpha value is -2.72. The maximum atomic E-state index is 12.5. The van der Waals surface area contributed by atoms with Gasteiger partial charge in [-0.05, 0) is 36.6 Å². The molecule has 3 nitrogen and oxygen atoms in total. The lowest BCUT2D eigenvalue weighted by Gasteiger charge is -2.08. The second-order valence-corrected chi connectivity index (χ2v) is 6.31. The van der Waals surface area contributed by atoms with Gasteiger partial charge in [0.1, 0.15) is 11.2 Å². The molecule has 0 spiro atoms. The van der Waals surface area contributed by atoms with Crippen LogP contribution in [0.15, 0.2) is 76.0 Å². The molecule has 0 saturated heterocycles. The van der Waals surface area contributed by atoms with Crippen LogP contribution < -0.4 is 5.32 Å². The summed E-state index contributed by atoms with van der Waals surface area (Å²) in [4.78, 5) is 13.5. The van der Waals surface area contributed by atoms with Crippen LogP contribution in [0.2, 0.25) is 0 Å². The van der Waals surface area contributed by atoms with Gasteiger partial charge in [-0.1, -0.05) is 30.3 Å². The number of para-hydroxylation sites is 1. The fraction of sp³-hybridized carbons (Fsp3) is 0.0500. The van der Waals surface area contributed by atoms with Crippen molar-refractivity contribution in [3.05, 3.63) is 72.3 Å². The first-order valence-electron chi connectivity index (χ1n) is 7.62. The van der Waals surface area contributed by atoms with Gasteiger partial charge < -0.3 is 9.73 Å². The summed E-state index contributed by atoms with van der Waals surface area (Å²) in [6, 6.07) is 21.3. The van der Waals surface area contributed by atoms with Crippen LogP contribution in [0.1, 0.15) is 10.4 Å². The maximum Gasteiger partial charge on any atom is 0.256 e. The van der Waals surface area contributed by atoms with E-state index < -0.39 is 0 Å². The number of furan rings is 1. The van der Waals surface area contributed by atoms with Crippen molar-refractivity contribution in [2.75, 3.05) is 11.6 Å². The third-order valence-electron chi connectivity index (χ3n) is 3.99. The topological polar surface area (TPSA) is 42.2 Å². The minimum absolute atomic E-state index is 0.115. The molecule has 1 aromatic heterocycles. The van der Waals surface area contributed by atoms with Crippen LogP contribution >= 0.6 is 11.8 Å². The van der Waals surface area contributed by atoms with Gasteiger partial charge in [-0.15, -0.1) is 11.8 Å². The zero-order valence-electron chi connectivity index (χ0n) is 13.1. The van der Waals surface area contributed by atoms with Gasteiger partial charge in [0.05, 0.1) is 5.56 Å². The number of carbonyl (C=O) groups excluding carboxylic acids is 1. The molecule has 118 valence electrons. The number of rotatable bonds is 3. The second-order valence-electron chi connectivity index (χ2n) is 5.46. The van der Waals surface area contributed by atoms with E-state index in [9.17, 15) is 4.79 Å². The predicted molar refractivity (Wildman–Crippen MR) is 99.9 cm³/mol. The van der Waals surface area contributed by atoms with Gasteiger partial charge in [0.25, 0.3) is 5.91 Å². The largest absolute Gasteiger partial charge is 0.456 e. The zero-order valence-corrected chi connectivity index (χ0v) is 13.9. The molecule has 1 heterocycles. The molecular formula is C20H15NO2S. The van der Waals surface area contributed by atoms with Crippen LogP contribution in [0.4, 0.5) is 5.69 Å². The first-order valence-corrected chi connectivity index (χ1v) is 8.84. The molecule has 24 heavy (non-hydrogen) atoms. The summed E-state index contributed by atoms with van der Waals surface area (Å²) in [7, 11) is 0. The van der Waals surface area contributed by atoms with Gasteiger partial charge in [-0.2, -0.15) is 0 Å². The Morgan fingerprint density at radius 1 is 0.917 bits per heavy atom. The van der Waals surface area contributed by atoms with E-state index in [1.54, 1.807) is 11.8 Å². The summed E-state index contributed by atoms with van der Waals surface area (Å²) in [5.41, 5.74) is 3.02. The highest BCUT2D eigenvalue weighted by molar-refractivity contribution is 7.98. The molecule has 0 aliphatic heterocycles. The first kappa shape index (κ1) is 14.8. The van der Waals surface area contributed by atoms with Crippen molar-refractivity contribution >= 4 is 45.3 Å². The molecule has 0 unspecified atom stereocenters. The number of amides is 1. The summed E-state index contributed by atoms with van der Waals surface area (Å²) < 4.78 is 5.87. The van der Waals surface area contributed by atoms with Crippen molar-refractivity contribution in [3.63, 3.8) is 0 Å². The Kier molecular flexibility index (Phi) is 3.75. The molecule has 4 rings (SSSR count). The van der Waals surface area contributed by atoms with Crippen LogP contribution in [0.3, 0.4) is 0 Å². The van der Waals surface area contributed by atoms with Crippen LogP contribution in [0.5, 0.6) is 0 Å². The standard InChI is InChI=1S/C20H15NO2S/c1-24-19-9-5-3-7-16(19)20(22)21-13-10-11-15-14-6-2-4-8-17(14)23-18(15)12-13/h2-12H,1H3,(H,21,22). The predicted octanol–water partition coefficient (Wildman–Crippen LogP) is 5.56. The molecule has 0 atom stereocenters. The Balaban J connectivity index is 1.69. The van der Waals surface area contributed by atoms with E-state index in [1.165, 1.54) is 0 Å². The van der Waals surface area contributed by atoms with Crippen LogP contribution in [-0.4, -0.2) is 12.2 Å². The molecule has 1 N–H and O–H groups in total. The van der Waals surface area contributed by atoms with E-state index in [2.05, 4.69) is 5.32 Å². The molecular weight excluding hydrogens is 318 g/mol. The van der Waals surface area contributed by atoms with E-state index >= 15 is 0 Å². The third-order valence-corrected chi connectivity index (χ3v) is 4.78.